The van der Waals surface area contributed by atoms with E-state index in [0.717, 1.165) is 39.9 Å². The highest BCUT2D eigenvalue weighted by atomic mass is 16.6. The minimum Gasteiger partial charge on any atom is -0.497 e. The molecule has 5 nitrogen and oxygen atoms in total. The summed E-state index contributed by atoms with van der Waals surface area (Å²) in [5, 5.41) is 1.03. The SMILES string of the molecule is CCN(CC)C(=O)Oc1ccc2c(ccn2Cc2ccc(C=Cc3ccccc3)cc2)c1-c1ccc(OC)cc1. The predicted molar refractivity (Wildman–Crippen MR) is 164 cm³/mol. The van der Waals surface area contributed by atoms with Crippen molar-refractivity contribution in [2.75, 3.05) is 20.2 Å². The van der Waals surface area contributed by atoms with Crippen molar-refractivity contribution in [3.63, 3.8) is 0 Å². The van der Waals surface area contributed by atoms with E-state index in [1.807, 2.05) is 68.4 Å². The molecule has 40 heavy (non-hydrogen) atoms. The minimum absolute atomic E-state index is 0.347. The third kappa shape index (κ3) is 5.94. The van der Waals surface area contributed by atoms with Crippen LogP contribution in [0.2, 0.25) is 0 Å². The highest BCUT2D eigenvalue weighted by Gasteiger charge is 2.19. The fourth-order valence-electron chi connectivity index (χ4n) is 4.86. The Hall–Kier alpha value is -4.77. The summed E-state index contributed by atoms with van der Waals surface area (Å²) in [7, 11) is 1.65. The van der Waals surface area contributed by atoms with Crippen LogP contribution in [0.15, 0.2) is 103 Å². The van der Waals surface area contributed by atoms with Gasteiger partial charge in [0.05, 0.1) is 7.11 Å². The highest BCUT2D eigenvalue weighted by molar-refractivity contribution is 5.99. The maximum Gasteiger partial charge on any atom is 0.415 e. The van der Waals surface area contributed by atoms with E-state index in [2.05, 4.69) is 65.4 Å². The molecule has 0 aliphatic rings. The molecular formula is C35H34N2O3. The summed E-state index contributed by atoms with van der Waals surface area (Å²) in [5.41, 5.74) is 6.47. The fraction of sp³-hybridized carbons (Fsp3) is 0.171. The van der Waals surface area contributed by atoms with Gasteiger partial charge in [-0.1, -0.05) is 78.9 Å². The van der Waals surface area contributed by atoms with Crippen LogP contribution in [0, 0.1) is 0 Å². The maximum atomic E-state index is 12.9. The van der Waals surface area contributed by atoms with Gasteiger partial charge in [0.2, 0.25) is 0 Å². The second-order valence-corrected chi connectivity index (χ2v) is 9.57. The van der Waals surface area contributed by atoms with Crippen molar-refractivity contribution >= 4 is 29.1 Å². The second-order valence-electron chi connectivity index (χ2n) is 9.57. The standard InChI is InChI=1S/C35H34N2O3/c1-4-36(5-2)35(38)40-33-22-21-32-31(34(33)29-17-19-30(39-3)20-18-29)23-24-37(32)25-28-15-13-27(14-16-28)12-11-26-9-7-6-8-10-26/h6-24H,4-5,25H2,1-3H3. The zero-order valence-corrected chi connectivity index (χ0v) is 23.2. The predicted octanol–water partition coefficient (Wildman–Crippen LogP) is 8.38. The summed E-state index contributed by atoms with van der Waals surface area (Å²) in [4.78, 5) is 14.5. The molecule has 0 aliphatic carbocycles. The molecule has 0 saturated carbocycles. The zero-order chi connectivity index (χ0) is 27.9. The molecule has 0 aliphatic heterocycles. The van der Waals surface area contributed by atoms with Crippen molar-refractivity contribution in [2.45, 2.75) is 20.4 Å². The average Bonchev–Trinajstić information content (AvgIpc) is 3.40. The molecule has 0 unspecified atom stereocenters. The summed E-state index contributed by atoms with van der Waals surface area (Å²) in [6, 6.07) is 32.8. The van der Waals surface area contributed by atoms with Gasteiger partial charge in [-0.3, -0.25) is 0 Å². The molecule has 0 fully saturated rings. The number of carbonyl (C=O) groups excluding carboxylic acids is 1. The van der Waals surface area contributed by atoms with Gasteiger partial charge in [-0.15, -0.1) is 0 Å². The quantitative estimate of drug-likeness (QED) is 0.180. The monoisotopic (exact) mass is 530 g/mol. The van der Waals surface area contributed by atoms with Gasteiger partial charge in [-0.2, -0.15) is 0 Å². The normalized spacial score (nSPS) is 11.2. The smallest absolute Gasteiger partial charge is 0.415 e. The molecule has 0 N–H and O–H groups in total. The number of amides is 1. The van der Waals surface area contributed by atoms with E-state index in [1.54, 1.807) is 12.0 Å². The molecule has 5 rings (SSSR count). The third-order valence-corrected chi connectivity index (χ3v) is 7.11. The van der Waals surface area contributed by atoms with Crippen LogP contribution in [0.25, 0.3) is 34.2 Å². The lowest BCUT2D eigenvalue weighted by atomic mass is 10.0. The fourth-order valence-corrected chi connectivity index (χ4v) is 4.86. The maximum absolute atomic E-state index is 12.9. The van der Waals surface area contributed by atoms with Crippen LogP contribution in [0.3, 0.4) is 0 Å². The van der Waals surface area contributed by atoms with Crippen molar-refractivity contribution in [2.24, 2.45) is 0 Å². The van der Waals surface area contributed by atoms with Crippen molar-refractivity contribution in [3.05, 3.63) is 120 Å². The molecule has 1 heterocycles. The van der Waals surface area contributed by atoms with E-state index >= 15 is 0 Å². The molecule has 0 atom stereocenters. The molecule has 5 aromatic rings. The van der Waals surface area contributed by atoms with E-state index in [0.29, 0.717) is 18.8 Å². The number of fused-ring (bicyclic) bond motifs is 1. The Morgan fingerprint density at radius 3 is 2.12 bits per heavy atom. The molecular weight excluding hydrogens is 496 g/mol. The average molecular weight is 531 g/mol. The number of hydrogen-bond acceptors (Lipinski definition) is 3. The second kappa shape index (κ2) is 12.4. The number of nitrogens with zero attached hydrogens (tertiary/aromatic N) is 2. The van der Waals surface area contributed by atoms with Gasteiger partial charge >= 0.3 is 6.09 Å². The van der Waals surface area contributed by atoms with Gasteiger partial charge in [0, 0.05) is 42.3 Å². The van der Waals surface area contributed by atoms with Crippen molar-refractivity contribution in [1.82, 2.24) is 9.47 Å². The van der Waals surface area contributed by atoms with Gasteiger partial charge in [0.15, 0.2) is 0 Å². The highest BCUT2D eigenvalue weighted by Crippen LogP contribution is 2.39. The van der Waals surface area contributed by atoms with Gasteiger partial charge in [-0.05, 0) is 66.4 Å². The van der Waals surface area contributed by atoms with E-state index in [-0.39, 0.29) is 6.09 Å². The molecule has 0 radical (unpaired) electrons. The summed E-state index contributed by atoms with van der Waals surface area (Å²) in [6.45, 7) is 5.81. The van der Waals surface area contributed by atoms with Crippen LogP contribution in [-0.4, -0.2) is 35.8 Å². The van der Waals surface area contributed by atoms with E-state index < -0.39 is 0 Å². The van der Waals surface area contributed by atoms with Crippen LogP contribution in [0.4, 0.5) is 4.79 Å². The lowest BCUT2D eigenvalue weighted by Gasteiger charge is -2.20. The first-order valence-corrected chi connectivity index (χ1v) is 13.6. The van der Waals surface area contributed by atoms with Crippen molar-refractivity contribution in [1.29, 1.82) is 0 Å². The first-order valence-electron chi connectivity index (χ1n) is 13.6. The first kappa shape index (κ1) is 26.8. The van der Waals surface area contributed by atoms with Gasteiger partial charge in [0.1, 0.15) is 11.5 Å². The Balaban J connectivity index is 1.45. The van der Waals surface area contributed by atoms with Crippen LogP contribution in [-0.2, 0) is 6.54 Å². The zero-order valence-electron chi connectivity index (χ0n) is 23.2. The van der Waals surface area contributed by atoms with Crippen LogP contribution < -0.4 is 9.47 Å². The Morgan fingerprint density at radius 1 is 0.800 bits per heavy atom. The number of ether oxygens (including phenoxy) is 2. The Morgan fingerprint density at radius 2 is 1.48 bits per heavy atom. The first-order chi connectivity index (χ1) is 19.6. The lowest BCUT2D eigenvalue weighted by Crippen LogP contribution is -2.33. The van der Waals surface area contributed by atoms with E-state index in [4.69, 9.17) is 9.47 Å². The number of methoxy groups -OCH3 is 1. The van der Waals surface area contributed by atoms with Crippen LogP contribution in [0.5, 0.6) is 11.5 Å². The number of benzene rings is 4. The minimum atomic E-state index is -0.347. The molecule has 202 valence electrons. The molecule has 1 aromatic heterocycles. The van der Waals surface area contributed by atoms with Crippen LogP contribution in [0.1, 0.15) is 30.5 Å². The summed E-state index contributed by atoms with van der Waals surface area (Å²) >= 11 is 0. The van der Waals surface area contributed by atoms with Gasteiger partial charge in [-0.25, -0.2) is 4.79 Å². The summed E-state index contributed by atoms with van der Waals surface area (Å²) in [5.74, 6) is 1.32. The largest absolute Gasteiger partial charge is 0.497 e. The van der Waals surface area contributed by atoms with Crippen molar-refractivity contribution in [3.8, 4) is 22.6 Å². The molecule has 1 amide bonds. The third-order valence-electron chi connectivity index (χ3n) is 7.11. The Labute approximate surface area is 235 Å². The molecule has 4 aromatic carbocycles. The Bertz CT molecular complexity index is 1600. The molecule has 0 bridgehead atoms. The van der Waals surface area contributed by atoms with Crippen LogP contribution >= 0.6 is 0 Å². The summed E-state index contributed by atoms with van der Waals surface area (Å²) in [6.07, 6.45) is 6.00. The molecule has 5 heteroatoms. The number of aromatic nitrogens is 1. The van der Waals surface area contributed by atoms with Crippen molar-refractivity contribution < 1.29 is 14.3 Å². The number of hydrogen-bond donors (Lipinski definition) is 0. The van der Waals surface area contributed by atoms with E-state index in [1.165, 1.54) is 11.1 Å². The Kier molecular flexibility index (Phi) is 8.31. The molecule has 0 spiro atoms. The lowest BCUT2D eigenvalue weighted by molar-refractivity contribution is 0.157. The van der Waals surface area contributed by atoms with E-state index in [9.17, 15) is 4.79 Å². The summed E-state index contributed by atoms with van der Waals surface area (Å²) < 4.78 is 13.5. The van der Waals surface area contributed by atoms with Gasteiger partial charge < -0.3 is 18.9 Å². The molecule has 0 saturated heterocycles. The van der Waals surface area contributed by atoms with Gasteiger partial charge in [0.25, 0.3) is 0 Å². The number of rotatable bonds is 9. The topological polar surface area (TPSA) is 43.7 Å². The number of carbonyl (C=O) groups is 1.